The highest BCUT2D eigenvalue weighted by Gasteiger charge is 2.25. The van der Waals surface area contributed by atoms with Crippen molar-refractivity contribution in [3.8, 4) is 0 Å². The third kappa shape index (κ3) is 4.08. The lowest BCUT2D eigenvalue weighted by Gasteiger charge is -2.29. The molecule has 0 heterocycles. The molecule has 1 aliphatic carbocycles. The monoisotopic (exact) mass is 230 g/mol. The minimum absolute atomic E-state index is 0.161. The Balaban J connectivity index is 2.39. The van der Waals surface area contributed by atoms with Crippen molar-refractivity contribution in [2.75, 3.05) is 13.7 Å². The number of nitrogens with one attached hydrogen (secondary N) is 1. The fourth-order valence-electron chi connectivity index (χ4n) is 2.02. The van der Waals surface area contributed by atoms with Gasteiger partial charge in [0.25, 0.3) is 5.91 Å². The second-order valence-corrected chi connectivity index (χ2v) is 4.47. The number of amides is 1. The van der Waals surface area contributed by atoms with Crippen LogP contribution >= 0.6 is 0 Å². The number of hydrogen-bond donors (Lipinski definition) is 2. The zero-order valence-corrected chi connectivity index (χ0v) is 10.1. The largest absolute Gasteiger partial charge is 0.381 e. The van der Waals surface area contributed by atoms with Gasteiger partial charge in [-0.3, -0.25) is 10.2 Å². The first-order chi connectivity index (χ1) is 7.67. The van der Waals surface area contributed by atoms with E-state index < -0.39 is 6.10 Å². The first kappa shape index (κ1) is 13.4. The number of nitrogens with two attached hydrogens (primary N) is 1. The van der Waals surface area contributed by atoms with Gasteiger partial charge in [0, 0.05) is 7.11 Å². The summed E-state index contributed by atoms with van der Waals surface area (Å²) in [7, 11) is 1.54. The van der Waals surface area contributed by atoms with Gasteiger partial charge in [-0.1, -0.05) is 6.92 Å². The maximum Gasteiger partial charge on any atom is 0.265 e. The molecule has 0 bridgehead atoms. The van der Waals surface area contributed by atoms with E-state index in [4.69, 9.17) is 15.3 Å². The normalized spacial score (nSPS) is 27.4. The third-order valence-corrected chi connectivity index (χ3v) is 3.07. The molecule has 94 valence electrons. The van der Waals surface area contributed by atoms with E-state index in [1.54, 1.807) is 7.11 Å². The van der Waals surface area contributed by atoms with Crippen LogP contribution in [0.2, 0.25) is 0 Å². The highest BCUT2D eigenvalue weighted by atomic mass is 16.5. The molecule has 5 heteroatoms. The van der Waals surface area contributed by atoms with Crippen molar-refractivity contribution >= 4 is 5.91 Å². The molecule has 0 aromatic rings. The second kappa shape index (κ2) is 6.83. The van der Waals surface area contributed by atoms with Crippen LogP contribution in [0, 0.1) is 5.92 Å². The zero-order valence-electron chi connectivity index (χ0n) is 10.1. The zero-order chi connectivity index (χ0) is 12.0. The second-order valence-electron chi connectivity index (χ2n) is 4.47. The van der Waals surface area contributed by atoms with Crippen LogP contribution in [-0.2, 0) is 14.3 Å². The molecule has 1 rings (SSSR count). The highest BCUT2D eigenvalue weighted by Crippen LogP contribution is 2.26. The van der Waals surface area contributed by atoms with Gasteiger partial charge in [0.15, 0.2) is 6.10 Å². The molecule has 0 radical (unpaired) electrons. The van der Waals surface area contributed by atoms with E-state index in [2.05, 4.69) is 12.3 Å². The first-order valence-electron chi connectivity index (χ1n) is 5.82. The van der Waals surface area contributed by atoms with Gasteiger partial charge in [0.1, 0.15) is 0 Å². The molecule has 1 aliphatic rings. The van der Waals surface area contributed by atoms with E-state index in [-0.39, 0.29) is 18.6 Å². The van der Waals surface area contributed by atoms with Crippen molar-refractivity contribution in [2.24, 2.45) is 11.8 Å². The number of ether oxygens (including phenoxy) is 2. The van der Waals surface area contributed by atoms with Crippen LogP contribution in [0.1, 0.15) is 32.6 Å². The fraction of sp³-hybridized carbons (Fsp3) is 0.909. The summed E-state index contributed by atoms with van der Waals surface area (Å²) >= 11 is 0. The van der Waals surface area contributed by atoms with E-state index in [1.807, 2.05) is 0 Å². The topological polar surface area (TPSA) is 73.6 Å². The first-order valence-corrected chi connectivity index (χ1v) is 5.82. The summed E-state index contributed by atoms with van der Waals surface area (Å²) in [5.41, 5.74) is 2.10. The summed E-state index contributed by atoms with van der Waals surface area (Å²) < 4.78 is 10.7. The van der Waals surface area contributed by atoms with Gasteiger partial charge in [-0.05, 0) is 31.6 Å². The predicted octanol–water partition coefficient (Wildman–Crippen LogP) is 0.587. The summed E-state index contributed by atoms with van der Waals surface area (Å²) in [5.74, 6) is 5.54. The Morgan fingerprint density at radius 2 is 2.06 bits per heavy atom. The third-order valence-electron chi connectivity index (χ3n) is 3.07. The van der Waals surface area contributed by atoms with Crippen LogP contribution in [0.5, 0.6) is 0 Å². The van der Waals surface area contributed by atoms with Crippen LogP contribution in [-0.4, -0.2) is 31.8 Å². The number of carbonyl (C=O) groups excluding carboxylic acids is 1. The molecular formula is C11H22N2O3. The fourth-order valence-corrected chi connectivity index (χ4v) is 2.02. The molecule has 5 nitrogen and oxygen atoms in total. The standard InChI is InChI=1S/C11H22N2O3/c1-8-3-5-9(6-4-8)16-10(7-15-2)11(14)13-12/h8-10H,3-7,12H2,1-2H3,(H,13,14). The Hall–Kier alpha value is -0.650. The summed E-state index contributed by atoms with van der Waals surface area (Å²) in [6.07, 6.45) is 3.92. The molecule has 1 atom stereocenters. The average molecular weight is 230 g/mol. The van der Waals surface area contributed by atoms with Gasteiger partial charge in [-0.2, -0.15) is 0 Å². The van der Waals surface area contributed by atoms with Crippen molar-refractivity contribution in [1.82, 2.24) is 5.43 Å². The molecule has 1 saturated carbocycles. The number of carbonyl (C=O) groups is 1. The molecule has 0 saturated heterocycles. The molecule has 0 aliphatic heterocycles. The van der Waals surface area contributed by atoms with Crippen LogP contribution in [0.3, 0.4) is 0 Å². The predicted molar refractivity (Wildman–Crippen MR) is 60.5 cm³/mol. The molecule has 1 amide bonds. The van der Waals surface area contributed by atoms with E-state index in [0.717, 1.165) is 31.6 Å². The van der Waals surface area contributed by atoms with Crippen molar-refractivity contribution in [3.05, 3.63) is 0 Å². The molecule has 16 heavy (non-hydrogen) atoms. The minimum Gasteiger partial charge on any atom is -0.381 e. The van der Waals surface area contributed by atoms with Crippen molar-refractivity contribution in [3.63, 3.8) is 0 Å². The van der Waals surface area contributed by atoms with Crippen molar-refractivity contribution in [1.29, 1.82) is 0 Å². The van der Waals surface area contributed by atoms with Crippen LogP contribution in [0.15, 0.2) is 0 Å². The van der Waals surface area contributed by atoms with Gasteiger partial charge in [0.2, 0.25) is 0 Å². The summed E-state index contributed by atoms with van der Waals surface area (Å²) in [6.45, 7) is 2.49. The maximum absolute atomic E-state index is 11.4. The molecular weight excluding hydrogens is 208 g/mol. The average Bonchev–Trinajstić information content (AvgIpc) is 2.30. The van der Waals surface area contributed by atoms with E-state index in [0.29, 0.717) is 0 Å². The molecule has 0 aromatic heterocycles. The Morgan fingerprint density at radius 3 is 2.56 bits per heavy atom. The maximum atomic E-state index is 11.4. The van der Waals surface area contributed by atoms with E-state index >= 15 is 0 Å². The van der Waals surface area contributed by atoms with Gasteiger partial charge in [0.05, 0.1) is 12.7 Å². The molecule has 1 unspecified atom stereocenters. The SMILES string of the molecule is COCC(OC1CCC(C)CC1)C(=O)NN. The van der Waals surface area contributed by atoms with Crippen molar-refractivity contribution in [2.45, 2.75) is 44.8 Å². The number of rotatable bonds is 5. The summed E-state index contributed by atoms with van der Waals surface area (Å²) in [6, 6.07) is 0. The lowest BCUT2D eigenvalue weighted by Crippen LogP contribution is -2.44. The summed E-state index contributed by atoms with van der Waals surface area (Å²) in [4.78, 5) is 11.4. The van der Waals surface area contributed by atoms with Gasteiger partial charge < -0.3 is 9.47 Å². The smallest absolute Gasteiger partial charge is 0.265 e. The van der Waals surface area contributed by atoms with Gasteiger partial charge in [-0.25, -0.2) is 5.84 Å². The Kier molecular flexibility index (Phi) is 5.73. The van der Waals surface area contributed by atoms with Crippen LogP contribution in [0.4, 0.5) is 0 Å². The number of hydrazine groups is 1. The van der Waals surface area contributed by atoms with Crippen molar-refractivity contribution < 1.29 is 14.3 Å². The Bertz CT molecular complexity index is 215. The molecule has 0 spiro atoms. The van der Waals surface area contributed by atoms with Crippen LogP contribution < -0.4 is 11.3 Å². The Morgan fingerprint density at radius 1 is 1.44 bits per heavy atom. The lowest BCUT2D eigenvalue weighted by molar-refractivity contribution is -0.143. The molecule has 1 fully saturated rings. The summed E-state index contributed by atoms with van der Waals surface area (Å²) in [5, 5.41) is 0. The van der Waals surface area contributed by atoms with E-state index in [1.165, 1.54) is 0 Å². The highest BCUT2D eigenvalue weighted by molar-refractivity contribution is 5.80. The lowest BCUT2D eigenvalue weighted by atomic mass is 9.89. The number of hydrogen-bond acceptors (Lipinski definition) is 4. The van der Waals surface area contributed by atoms with Gasteiger partial charge in [-0.15, -0.1) is 0 Å². The number of methoxy groups -OCH3 is 1. The minimum atomic E-state index is -0.589. The molecule has 3 N–H and O–H groups in total. The van der Waals surface area contributed by atoms with Crippen LogP contribution in [0.25, 0.3) is 0 Å². The van der Waals surface area contributed by atoms with E-state index in [9.17, 15) is 4.79 Å². The quantitative estimate of drug-likeness (QED) is 0.412. The Labute approximate surface area is 96.6 Å². The molecule has 0 aromatic carbocycles. The van der Waals surface area contributed by atoms with Gasteiger partial charge >= 0.3 is 0 Å².